The van der Waals surface area contributed by atoms with E-state index in [-0.39, 0.29) is 25.7 Å². The van der Waals surface area contributed by atoms with Gasteiger partial charge in [-0.3, -0.25) is 0 Å². The summed E-state index contributed by atoms with van der Waals surface area (Å²) in [6.07, 6.45) is -28.3. The summed E-state index contributed by atoms with van der Waals surface area (Å²) in [6.45, 7) is 1.04. The molecule has 0 saturated heterocycles. The van der Waals surface area contributed by atoms with Crippen molar-refractivity contribution in [3.05, 3.63) is 0 Å². The number of aliphatic hydroxyl groups is 1. The number of alkyl halides is 12. The van der Waals surface area contributed by atoms with Crippen LogP contribution in [-0.4, -0.2) is 53.9 Å². The topological polar surface area (TPSA) is 38.7 Å². The molecule has 208 valence electrons. The lowest BCUT2D eigenvalue weighted by atomic mass is 9.78. The molecular formula is C20H26F12O3. The molecule has 0 amide bonds. The summed E-state index contributed by atoms with van der Waals surface area (Å²) >= 11 is 0. The molecule has 0 aromatic carbocycles. The van der Waals surface area contributed by atoms with E-state index in [1.807, 2.05) is 0 Å². The van der Waals surface area contributed by atoms with Crippen molar-refractivity contribution < 1.29 is 67.3 Å². The fraction of sp³-hybridized carbons (Fsp3) is 1.00. The second-order valence-electron chi connectivity index (χ2n) is 9.56. The molecule has 2 fully saturated rings. The van der Waals surface area contributed by atoms with Gasteiger partial charge in [-0.2, -0.15) is 52.7 Å². The van der Waals surface area contributed by atoms with Crippen LogP contribution in [-0.2, 0) is 9.47 Å². The van der Waals surface area contributed by atoms with Gasteiger partial charge in [-0.1, -0.05) is 20.3 Å². The summed E-state index contributed by atoms with van der Waals surface area (Å²) in [5, 5.41) is 9.46. The number of ether oxygens (including phenoxy) is 2. The average molecular weight is 542 g/mol. The molecule has 0 heterocycles. The molecular weight excluding hydrogens is 516 g/mol. The Hall–Kier alpha value is -0.960. The van der Waals surface area contributed by atoms with Crippen LogP contribution in [0.4, 0.5) is 52.7 Å². The molecule has 0 aromatic heterocycles. The Balaban J connectivity index is 2.16. The number of fused-ring (bicyclic) bond motifs is 2. The van der Waals surface area contributed by atoms with Gasteiger partial charge >= 0.3 is 24.7 Å². The van der Waals surface area contributed by atoms with Crippen molar-refractivity contribution in [1.29, 1.82) is 0 Å². The van der Waals surface area contributed by atoms with Gasteiger partial charge in [-0.05, 0) is 55.8 Å². The van der Waals surface area contributed by atoms with Crippen molar-refractivity contribution in [3.63, 3.8) is 0 Å². The minimum Gasteiger partial charge on any atom is -0.374 e. The Bertz CT molecular complexity index is 684. The lowest BCUT2D eigenvalue weighted by Gasteiger charge is -2.40. The van der Waals surface area contributed by atoms with E-state index in [1.165, 1.54) is 13.8 Å². The Morgan fingerprint density at radius 3 is 1.71 bits per heavy atom. The van der Waals surface area contributed by atoms with Crippen LogP contribution in [0.3, 0.4) is 0 Å². The minimum absolute atomic E-state index is 0.0203. The van der Waals surface area contributed by atoms with Gasteiger partial charge in [0, 0.05) is 0 Å². The average Bonchev–Trinajstić information content (AvgIpc) is 3.23. The molecule has 2 aliphatic rings. The molecule has 2 saturated carbocycles. The largest absolute Gasteiger partial charge is 0.426 e. The monoisotopic (exact) mass is 542 g/mol. The van der Waals surface area contributed by atoms with Gasteiger partial charge in [0.05, 0.1) is 6.10 Å². The molecule has 5 unspecified atom stereocenters. The second kappa shape index (κ2) is 9.73. The van der Waals surface area contributed by atoms with Crippen LogP contribution in [0.15, 0.2) is 0 Å². The van der Waals surface area contributed by atoms with E-state index in [0.717, 1.165) is 0 Å². The first-order valence-corrected chi connectivity index (χ1v) is 10.8. The molecule has 0 radical (unpaired) electrons. The zero-order valence-corrected chi connectivity index (χ0v) is 18.6. The van der Waals surface area contributed by atoms with Gasteiger partial charge in [0.15, 0.2) is 0 Å². The highest BCUT2D eigenvalue weighted by atomic mass is 19.4. The quantitative estimate of drug-likeness (QED) is 0.254. The third-order valence-corrected chi connectivity index (χ3v) is 7.22. The zero-order chi connectivity index (χ0) is 27.3. The smallest absolute Gasteiger partial charge is 0.374 e. The van der Waals surface area contributed by atoms with Crippen molar-refractivity contribution in [1.82, 2.24) is 0 Å². The number of rotatable bonds is 9. The lowest BCUT2D eigenvalue weighted by molar-refractivity contribution is -0.399. The highest BCUT2D eigenvalue weighted by Gasteiger charge is 2.73. The molecule has 0 spiro atoms. The van der Waals surface area contributed by atoms with Crippen molar-refractivity contribution in [2.45, 2.75) is 94.4 Å². The molecule has 2 aliphatic carbocycles. The molecule has 0 aliphatic heterocycles. The predicted molar refractivity (Wildman–Crippen MR) is 95.7 cm³/mol. The van der Waals surface area contributed by atoms with Crippen LogP contribution >= 0.6 is 0 Å². The van der Waals surface area contributed by atoms with Gasteiger partial charge in [0.25, 0.3) is 11.2 Å². The highest BCUT2D eigenvalue weighted by molar-refractivity contribution is 5.03. The third-order valence-electron chi connectivity index (χ3n) is 7.22. The van der Waals surface area contributed by atoms with E-state index in [2.05, 4.69) is 4.74 Å². The first kappa shape index (κ1) is 30.3. The van der Waals surface area contributed by atoms with E-state index >= 15 is 0 Å². The fourth-order valence-corrected chi connectivity index (χ4v) is 5.10. The van der Waals surface area contributed by atoms with Gasteiger partial charge < -0.3 is 14.6 Å². The molecule has 35 heavy (non-hydrogen) atoms. The van der Waals surface area contributed by atoms with E-state index in [9.17, 15) is 57.8 Å². The fourth-order valence-electron chi connectivity index (χ4n) is 5.10. The highest BCUT2D eigenvalue weighted by Crippen LogP contribution is 2.56. The Morgan fingerprint density at radius 1 is 0.800 bits per heavy atom. The summed E-state index contributed by atoms with van der Waals surface area (Å²) in [5.41, 5.74) is -9.56. The summed E-state index contributed by atoms with van der Waals surface area (Å²) < 4.78 is 169. The Labute approximate surface area is 193 Å². The van der Waals surface area contributed by atoms with Crippen LogP contribution in [0.5, 0.6) is 0 Å². The Morgan fingerprint density at radius 2 is 1.31 bits per heavy atom. The number of halogens is 12. The summed E-state index contributed by atoms with van der Waals surface area (Å²) in [5.74, 6) is -3.88. The standard InChI is InChI=1S/C20H26F12O3/c1-3-10(2)7-16(19(27,28)29,20(30,31)32)35-9-34-14-6-11-4-12(13(14)5-11)8-15(33,17(21,22)23)18(24,25)26/h10-14,33H,3-9H2,1-2H3. The molecule has 3 nitrogen and oxygen atoms in total. The first-order chi connectivity index (χ1) is 15.6. The van der Waals surface area contributed by atoms with E-state index in [4.69, 9.17) is 4.74 Å². The third kappa shape index (κ3) is 5.81. The maximum absolute atomic E-state index is 13.5. The van der Waals surface area contributed by atoms with Crippen LogP contribution in [0.1, 0.15) is 52.4 Å². The van der Waals surface area contributed by atoms with E-state index in [0.29, 0.717) is 0 Å². The summed E-state index contributed by atoms with van der Waals surface area (Å²) in [7, 11) is 0. The van der Waals surface area contributed by atoms with Gasteiger partial charge in [0.2, 0.25) is 0 Å². The van der Waals surface area contributed by atoms with Gasteiger partial charge in [0.1, 0.15) is 6.79 Å². The SMILES string of the molecule is CCC(C)CC(OCOC1CC2CC(CC(O)(C(F)(F)F)C(F)(F)F)C1C2)(C(F)(F)F)C(F)(F)F. The summed E-state index contributed by atoms with van der Waals surface area (Å²) in [4.78, 5) is 0. The van der Waals surface area contributed by atoms with Crippen molar-refractivity contribution in [2.75, 3.05) is 6.79 Å². The molecule has 0 aromatic rings. The molecule has 5 atom stereocenters. The van der Waals surface area contributed by atoms with Crippen LogP contribution in [0.2, 0.25) is 0 Å². The van der Waals surface area contributed by atoms with E-state index < -0.39 is 85.3 Å². The number of hydrogen-bond acceptors (Lipinski definition) is 3. The van der Waals surface area contributed by atoms with Crippen molar-refractivity contribution in [2.24, 2.45) is 23.7 Å². The van der Waals surface area contributed by atoms with Gasteiger partial charge in [-0.25, -0.2) is 0 Å². The first-order valence-electron chi connectivity index (χ1n) is 10.8. The molecule has 15 heteroatoms. The predicted octanol–water partition coefficient (Wildman–Crippen LogP) is 6.94. The molecule has 2 bridgehead atoms. The maximum Gasteiger partial charge on any atom is 0.426 e. The van der Waals surface area contributed by atoms with Gasteiger partial charge in [-0.15, -0.1) is 0 Å². The minimum atomic E-state index is -6.04. The number of hydrogen-bond donors (Lipinski definition) is 1. The lowest BCUT2D eigenvalue weighted by Crippen LogP contribution is -2.60. The Kier molecular flexibility index (Phi) is 8.41. The van der Waals surface area contributed by atoms with Crippen LogP contribution in [0.25, 0.3) is 0 Å². The second-order valence-corrected chi connectivity index (χ2v) is 9.56. The molecule has 1 N–H and O–H groups in total. The van der Waals surface area contributed by atoms with E-state index in [1.54, 1.807) is 0 Å². The van der Waals surface area contributed by atoms with Crippen molar-refractivity contribution in [3.8, 4) is 0 Å². The van der Waals surface area contributed by atoms with Crippen LogP contribution < -0.4 is 0 Å². The van der Waals surface area contributed by atoms with Crippen molar-refractivity contribution >= 4 is 0 Å². The van der Waals surface area contributed by atoms with Crippen LogP contribution in [0, 0.1) is 23.7 Å². The zero-order valence-electron chi connectivity index (χ0n) is 18.6. The molecule has 2 rings (SSSR count). The maximum atomic E-state index is 13.5. The summed E-state index contributed by atoms with van der Waals surface area (Å²) in [6, 6.07) is 0. The normalized spacial score (nSPS) is 27.5.